The molecule has 0 aliphatic carbocycles. The standard InChI is InChI=1S/C7H14N.W/c1-7-3-5-8(2)6-4-7;/h7H,1,3-6H2,2H3;/q-1;. The molecule has 2 heteroatoms. The van der Waals surface area contributed by atoms with Crippen LogP contribution in [0.3, 0.4) is 0 Å². The normalized spacial score (nSPS) is 23.3. The average Bonchev–Trinajstić information content (AvgIpc) is 1.77. The molecule has 1 aliphatic heterocycles. The van der Waals surface area contributed by atoms with E-state index in [0.717, 1.165) is 5.92 Å². The maximum atomic E-state index is 4.01. The van der Waals surface area contributed by atoms with Gasteiger partial charge in [-0.05, 0) is 20.1 Å². The molecule has 0 bridgehead atoms. The van der Waals surface area contributed by atoms with E-state index >= 15 is 0 Å². The van der Waals surface area contributed by atoms with Crippen LogP contribution in [0.5, 0.6) is 0 Å². The van der Waals surface area contributed by atoms with Crippen LogP contribution in [-0.2, 0) is 21.1 Å². The van der Waals surface area contributed by atoms with Crippen LogP contribution in [0.4, 0.5) is 0 Å². The monoisotopic (exact) mass is 296 g/mol. The summed E-state index contributed by atoms with van der Waals surface area (Å²) in [4.78, 5) is 2.36. The summed E-state index contributed by atoms with van der Waals surface area (Å²) in [6.45, 7) is 6.49. The fourth-order valence-electron chi connectivity index (χ4n) is 1.06. The number of likely N-dealkylation sites (tertiary alicyclic amines) is 1. The van der Waals surface area contributed by atoms with Gasteiger partial charge >= 0.3 is 0 Å². The van der Waals surface area contributed by atoms with E-state index in [0.29, 0.717) is 0 Å². The first-order chi connectivity index (χ1) is 3.79. The van der Waals surface area contributed by atoms with Gasteiger partial charge in [0.25, 0.3) is 0 Å². The first kappa shape index (κ1) is 9.65. The van der Waals surface area contributed by atoms with E-state index in [1.54, 1.807) is 0 Å². The third-order valence-corrected chi connectivity index (χ3v) is 1.84. The van der Waals surface area contributed by atoms with Crippen molar-refractivity contribution in [2.24, 2.45) is 5.92 Å². The predicted molar refractivity (Wildman–Crippen MR) is 35.6 cm³/mol. The van der Waals surface area contributed by atoms with Crippen LogP contribution in [0.2, 0.25) is 0 Å². The summed E-state index contributed by atoms with van der Waals surface area (Å²) in [5, 5.41) is 0. The molecule has 0 aromatic rings. The van der Waals surface area contributed by atoms with Gasteiger partial charge in [-0.3, -0.25) is 0 Å². The number of hydrogen-bond acceptors (Lipinski definition) is 1. The third-order valence-electron chi connectivity index (χ3n) is 1.84. The number of nitrogens with zero attached hydrogens (tertiary/aromatic N) is 1. The molecule has 0 unspecified atom stereocenters. The molecule has 0 saturated carbocycles. The number of hydrogen-bond donors (Lipinski definition) is 0. The van der Waals surface area contributed by atoms with Gasteiger partial charge in [0.05, 0.1) is 0 Å². The molecule has 0 spiro atoms. The minimum absolute atomic E-state index is 0. The van der Waals surface area contributed by atoms with Crippen molar-refractivity contribution in [1.29, 1.82) is 0 Å². The molecule has 0 atom stereocenters. The number of piperidine rings is 1. The molecule has 1 saturated heterocycles. The Kier molecular flexibility index (Phi) is 4.78. The first-order valence-corrected chi connectivity index (χ1v) is 3.30. The van der Waals surface area contributed by atoms with Gasteiger partial charge in [0.15, 0.2) is 0 Å². The summed E-state index contributed by atoms with van der Waals surface area (Å²) in [6.07, 6.45) is 2.58. The van der Waals surface area contributed by atoms with Crippen molar-refractivity contribution in [3.05, 3.63) is 6.92 Å². The summed E-state index contributed by atoms with van der Waals surface area (Å²) in [6, 6.07) is 0. The smallest absolute Gasteiger partial charge is 0 e. The zero-order chi connectivity index (χ0) is 5.98. The van der Waals surface area contributed by atoms with Gasteiger partial charge in [0, 0.05) is 21.1 Å². The van der Waals surface area contributed by atoms with Crippen molar-refractivity contribution < 1.29 is 21.1 Å². The molecule has 0 aromatic heterocycles. The Labute approximate surface area is 72.1 Å². The van der Waals surface area contributed by atoms with Gasteiger partial charge in [-0.1, -0.05) is 12.8 Å². The van der Waals surface area contributed by atoms with Crippen molar-refractivity contribution in [3.8, 4) is 0 Å². The van der Waals surface area contributed by atoms with E-state index in [4.69, 9.17) is 0 Å². The quantitative estimate of drug-likeness (QED) is 0.606. The van der Waals surface area contributed by atoms with Gasteiger partial charge in [-0.2, -0.15) is 5.92 Å². The molecule has 1 rings (SSSR count). The van der Waals surface area contributed by atoms with E-state index in [-0.39, 0.29) is 21.1 Å². The second-order valence-corrected chi connectivity index (χ2v) is 2.75. The summed E-state index contributed by atoms with van der Waals surface area (Å²) < 4.78 is 0. The van der Waals surface area contributed by atoms with Crippen molar-refractivity contribution in [2.75, 3.05) is 20.1 Å². The molecule has 0 aromatic carbocycles. The zero-order valence-corrected chi connectivity index (χ0v) is 8.90. The molecule has 54 valence electrons. The third kappa shape index (κ3) is 3.37. The van der Waals surface area contributed by atoms with Crippen molar-refractivity contribution in [1.82, 2.24) is 4.90 Å². The van der Waals surface area contributed by atoms with Gasteiger partial charge in [0.2, 0.25) is 0 Å². The molecule has 0 radical (unpaired) electrons. The minimum Gasteiger partial charge on any atom is -0.340 e. The summed E-state index contributed by atoms with van der Waals surface area (Å²) in [5.74, 6) is 0.728. The van der Waals surface area contributed by atoms with Gasteiger partial charge in [0.1, 0.15) is 0 Å². The molecule has 0 amide bonds. The van der Waals surface area contributed by atoms with Crippen LogP contribution in [0.1, 0.15) is 12.8 Å². The summed E-state index contributed by atoms with van der Waals surface area (Å²) in [5.41, 5.74) is 0. The van der Waals surface area contributed by atoms with Crippen LogP contribution >= 0.6 is 0 Å². The van der Waals surface area contributed by atoms with Crippen LogP contribution in [0, 0.1) is 12.8 Å². The molecule has 0 N–H and O–H groups in total. The second kappa shape index (κ2) is 4.46. The van der Waals surface area contributed by atoms with Crippen molar-refractivity contribution in [2.45, 2.75) is 12.8 Å². The van der Waals surface area contributed by atoms with Crippen LogP contribution < -0.4 is 0 Å². The fraction of sp³-hybridized carbons (Fsp3) is 0.857. The largest absolute Gasteiger partial charge is 0.340 e. The molecular weight excluding hydrogens is 282 g/mol. The molecule has 1 nitrogen and oxygen atoms in total. The molecule has 1 heterocycles. The molecule has 1 fully saturated rings. The Bertz CT molecular complexity index is 57.3. The molecular formula is C7H14NW-. The second-order valence-electron chi connectivity index (χ2n) is 2.75. The molecule has 1 aliphatic rings. The Balaban J connectivity index is 0.000000640. The first-order valence-electron chi connectivity index (χ1n) is 3.30. The van der Waals surface area contributed by atoms with Crippen molar-refractivity contribution in [3.63, 3.8) is 0 Å². The van der Waals surface area contributed by atoms with Gasteiger partial charge < -0.3 is 11.8 Å². The summed E-state index contributed by atoms with van der Waals surface area (Å²) in [7, 11) is 2.17. The number of rotatable bonds is 0. The van der Waals surface area contributed by atoms with Gasteiger partial charge in [-0.25, -0.2) is 0 Å². The Morgan fingerprint density at radius 1 is 1.33 bits per heavy atom. The van der Waals surface area contributed by atoms with Crippen molar-refractivity contribution >= 4 is 0 Å². The SMILES string of the molecule is [CH2-]C1CCN(C)CC1.[W]. The van der Waals surface area contributed by atoms with Crippen LogP contribution in [-0.4, -0.2) is 25.0 Å². The fourth-order valence-corrected chi connectivity index (χ4v) is 1.06. The minimum atomic E-state index is 0. The van der Waals surface area contributed by atoms with E-state index < -0.39 is 0 Å². The van der Waals surface area contributed by atoms with Crippen LogP contribution in [0.25, 0.3) is 0 Å². The Hall–Kier alpha value is 0.648. The predicted octanol–water partition coefficient (Wildman–Crippen LogP) is 1.16. The molecule has 9 heavy (non-hydrogen) atoms. The Morgan fingerprint density at radius 2 is 1.78 bits per heavy atom. The van der Waals surface area contributed by atoms with Crippen LogP contribution in [0.15, 0.2) is 0 Å². The summed E-state index contributed by atoms with van der Waals surface area (Å²) >= 11 is 0. The maximum absolute atomic E-state index is 4.01. The van der Waals surface area contributed by atoms with E-state index in [9.17, 15) is 0 Å². The Morgan fingerprint density at radius 3 is 2.11 bits per heavy atom. The average molecular weight is 296 g/mol. The zero-order valence-electron chi connectivity index (χ0n) is 5.97. The van der Waals surface area contributed by atoms with E-state index in [2.05, 4.69) is 18.9 Å². The van der Waals surface area contributed by atoms with E-state index in [1.165, 1.54) is 25.9 Å². The topological polar surface area (TPSA) is 3.24 Å². The van der Waals surface area contributed by atoms with Gasteiger partial charge in [-0.15, -0.1) is 0 Å². The maximum Gasteiger partial charge on any atom is 0 e. The van der Waals surface area contributed by atoms with E-state index in [1.807, 2.05) is 0 Å².